The predicted molar refractivity (Wildman–Crippen MR) is 26.5 cm³/mol. The number of hydrogen-bond acceptors (Lipinski definition) is 2. The first-order valence-corrected chi connectivity index (χ1v) is 1.96. The summed E-state index contributed by atoms with van der Waals surface area (Å²) in [5.74, 6) is 0.516. The molecule has 0 saturated heterocycles. The molecular weight excluding hydrogens is 90.1 g/mol. The van der Waals surface area contributed by atoms with Crippen LogP contribution in [0.5, 0.6) is 0 Å². The monoisotopic (exact) mass is 96.1 g/mol. The summed E-state index contributed by atoms with van der Waals surface area (Å²) in [4.78, 5) is 0. The fraction of sp³-hybridized carbons (Fsp3) is 0.250. The fourth-order valence-electron chi connectivity index (χ4n) is 0.390. The van der Waals surface area contributed by atoms with Crippen molar-refractivity contribution in [1.29, 1.82) is 0 Å². The minimum atomic E-state index is 0.516. The summed E-state index contributed by atoms with van der Waals surface area (Å²) in [6.07, 6.45) is 2.75. The maximum atomic E-state index is 5.22. The van der Waals surface area contributed by atoms with Crippen molar-refractivity contribution in [2.45, 2.75) is 0 Å². The van der Waals surface area contributed by atoms with Gasteiger partial charge in [-0.05, 0) is 0 Å². The Morgan fingerprint density at radius 1 is 2.00 bits per heavy atom. The van der Waals surface area contributed by atoms with Gasteiger partial charge in [-0.1, -0.05) is 0 Å². The van der Waals surface area contributed by atoms with Crippen molar-refractivity contribution in [3.8, 4) is 0 Å². The summed E-state index contributed by atoms with van der Waals surface area (Å²) in [6.45, 7) is 0. The minimum absolute atomic E-state index is 0.516. The maximum Gasteiger partial charge on any atom is 0.146 e. The van der Waals surface area contributed by atoms with E-state index in [-0.39, 0.29) is 0 Å². The van der Waals surface area contributed by atoms with Crippen LogP contribution in [0, 0.1) is 6.20 Å². The number of anilines is 1. The van der Waals surface area contributed by atoms with Crippen LogP contribution in [0.25, 0.3) is 0 Å². The third-order valence-corrected chi connectivity index (χ3v) is 0.665. The molecule has 2 N–H and O–H groups in total. The Kier molecular flexibility index (Phi) is 0.749. The number of nitrogen functional groups attached to an aromatic ring is 1. The lowest BCUT2D eigenvalue weighted by atomic mass is 10.7. The molecule has 0 amide bonds. The first kappa shape index (κ1) is 4.18. The van der Waals surface area contributed by atoms with Crippen LogP contribution in [0.1, 0.15) is 0 Å². The molecule has 0 bridgehead atoms. The third-order valence-electron chi connectivity index (χ3n) is 0.665. The Morgan fingerprint density at radius 2 is 2.71 bits per heavy atom. The van der Waals surface area contributed by atoms with E-state index in [0.29, 0.717) is 5.82 Å². The zero-order valence-corrected chi connectivity index (χ0v) is 4.05. The van der Waals surface area contributed by atoms with E-state index < -0.39 is 0 Å². The van der Waals surface area contributed by atoms with Crippen LogP contribution in [0.3, 0.4) is 0 Å². The SMILES string of the molecule is Cn1[c]cc(N)n1. The highest BCUT2D eigenvalue weighted by molar-refractivity contribution is 5.22. The molecule has 0 unspecified atom stereocenters. The molecule has 37 valence electrons. The molecule has 1 heterocycles. The van der Waals surface area contributed by atoms with E-state index in [0.717, 1.165) is 0 Å². The van der Waals surface area contributed by atoms with Crippen molar-refractivity contribution < 1.29 is 0 Å². The van der Waals surface area contributed by atoms with Crippen LogP contribution in [0.4, 0.5) is 5.82 Å². The quantitative estimate of drug-likeness (QED) is 0.486. The molecule has 1 aromatic heterocycles. The van der Waals surface area contributed by atoms with Gasteiger partial charge in [0.1, 0.15) is 5.82 Å². The summed E-state index contributed by atoms with van der Waals surface area (Å²) in [6, 6.07) is 1.62. The molecule has 0 aliphatic rings. The topological polar surface area (TPSA) is 43.8 Å². The predicted octanol–water partition coefficient (Wildman–Crippen LogP) is -0.198. The van der Waals surface area contributed by atoms with E-state index in [1.807, 2.05) is 0 Å². The fourth-order valence-corrected chi connectivity index (χ4v) is 0.390. The van der Waals surface area contributed by atoms with Crippen LogP contribution in [0.15, 0.2) is 6.07 Å². The van der Waals surface area contributed by atoms with Crippen LogP contribution in [-0.4, -0.2) is 9.78 Å². The molecule has 7 heavy (non-hydrogen) atoms. The molecule has 0 saturated carbocycles. The van der Waals surface area contributed by atoms with Gasteiger partial charge in [-0.2, -0.15) is 5.10 Å². The van der Waals surface area contributed by atoms with E-state index in [9.17, 15) is 0 Å². The molecule has 0 atom stereocenters. The number of rotatable bonds is 0. The standard InChI is InChI=1S/C4H6N3/c1-7-3-2-4(5)6-7/h2H,1H3,(H2,5,6). The number of hydrogen-bond donors (Lipinski definition) is 1. The van der Waals surface area contributed by atoms with E-state index in [1.54, 1.807) is 13.1 Å². The van der Waals surface area contributed by atoms with Gasteiger partial charge in [0.05, 0.1) is 6.20 Å². The summed E-state index contributed by atoms with van der Waals surface area (Å²) in [5.41, 5.74) is 5.22. The van der Waals surface area contributed by atoms with Crippen LogP contribution < -0.4 is 5.73 Å². The normalized spacial score (nSPS) is 9.29. The molecule has 1 rings (SSSR count). The molecule has 0 aliphatic heterocycles. The second kappa shape index (κ2) is 1.26. The van der Waals surface area contributed by atoms with E-state index in [4.69, 9.17) is 5.73 Å². The first-order chi connectivity index (χ1) is 3.29. The Hall–Kier alpha value is -0.990. The highest BCUT2D eigenvalue weighted by atomic mass is 15.3. The molecule has 0 aromatic carbocycles. The first-order valence-electron chi connectivity index (χ1n) is 1.96. The maximum absolute atomic E-state index is 5.22. The highest BCUT2D eigenvalue weighted by Crippen LogP contribution is 1.89. The van der Waals surface area contributed by atoms with Crippen molar-refractivity contribution >= 4 is 5.82 Å². The molecule has 0 fully saturated rings. The smallest absolute Gasteiger partial charge is 0.146 e. The summed E-state index contributed by atoms with van der Waals surface area (Å²) in [5, 5.41) is 3.75. The summed E-state index contributed by atoms with van der Waals surface area (Å²) in [7, 11) is 1.77. The van der Waals surface area contributed by atoms with Gasteiger partial charge in [-0.15, -0.1) is 0 Å². The Bertz CT molecular complexity index is 139. The lowest BCUT2D eigenvalue weighted by molar-refractivity contribution is 0.766. The van der Waals surface area contributed by atoms with E-state index in [1.165, 1.54) is 4.68 Å². The Morgan fingerprint density at radius 3 is 2.86 bits per heavy atom. The van der Waals surface area contributed by atoms with Crippen LogP contribution >= 0.6 is 0 Å². The largest absolute Gasteiger partial charge is 0.382 e. The average Bonchev–Trinajstić information content (AvgIpc) is 1.87. The molecule has 3 heteroatoms. The van der Waals surface area contributed by atoms with Crippen LogP contribution in [0.2, 0.25) is 0 Å². The molecule has 1 radical (unpaired) electrons. The van der Waals surface area contributed by atoms with Crippen molar-refractivity contribution in [2.24, 2.45) is 7.05 Å². The van der Waals surface area contributed by atoms with Crippen molar-refractivity contribution in [3.05, 3.63) is 12.3 Å². The molecular formula is C4H6N3. The Labute approximate surface area is 41.7 Å². The van der Waals surface area contributed by atoms with Gasteiger partial charge in [0.2, 0.25) is 0 Å². The molecule has 0 spiro atoms. The zero-order chi connectivity index (χ0) is 5.28. The summed E-state index contributed by atoms with van der Waals surface area (Å²) < 4.78 is 1.54. The molecule has 3 nitrogen and oxygen atoms in total. The lowest BCUT2D eigenvalue weighted by Gasteiger charge is -1.79. The number of aromatic nitrogens is 2. The third kappa shape index (κ3) is 0.707. The second-order valence-electron chi connectivity index (χ2n) is 1.32. The lowest BCUT2D eigenvalue weighted by Crippen LogP contribution is -1.90. The molecule has 1 aromatic rings. The van der Waals surface area contributed by atoms with E-state index >= 15 is 0 Å². The highest BCUT2D eigenvalue weighted by Gasteiger charge is 1.83. The Balaban J connectivity index is 3.04. The number of nitrogens with two attached hydrogens (primary N) is 1. The zero-order valence-electron chi connectivity index (χ0n) is 4.05. The van der Waals surface area contributed by atoms with E-state index in [2.05, 4.69) is 11.3 Å². The molecule has 0 aliphatic carbocycles. The van der Waals surface area contributed by atoms with Crippen LogP contribution in [-0.2, 0) is 7.05 Å². The average molecular weight is 96.1 g/mol. The van der Waals surface area contributed by atoms with Crippen molar-refractivity contribution in [3.63, 3.8) is 0 Å². The van der Waals surface area contributed by atoms with Gasteiger partial charge in [0, 0.05) is 13.1 Å². The minimum Gasteiger partial charge on any atom is -0.382 e. The van der Waals surface area contributed by atoms with Gasteiger partial charge in [-0.25, -0.2) is 0 Å². The van der Waals surface area contributed by atoms with Gasteiger partial charge in [-0.3, -0.25) is 4.68 Å². The second-order valence-corrected chi connectivity index (χ2v) is 1.32. The van der Waals surface area contributed by atoms with Gasteiger partial charge in [0.25, 0.3) is 0 Å². The number of nitrogens with zero attached hydrogens (tertiary/aromatic N) is 2. The van der Waals surface area contributed by atoms with Crippen molar-refractivity contribution in [2.75, 3.05) is 5.73 Å². The van der Waals surface area contributed by atoms with Crippen molar-refractivity contribution in [1.82, 2.24) is 9.78 Å². The van der Waals surface area contributed by atoms with Gasteiger partial charge >= 0.3 is 0 Å². The summed E-state index contributed by atoms with van der Waals surface area (Å²) >= 11 is 0. The van der Waals surface area contributed by atoms with Gasteiger partial charge < -0.3 is 5.73 Å². The number of aryl methyl sites for hydroxylation is 1. The van der Waals surface area contributed by atoms with Gasteiger partial charge in [0.15, 0.2) is 0 Å².